The highest BCUT2D eigenvalue weighted by molar-refractivity contribution is 8.00. The van der Waals surface area contributed by atoms with E-state index in [-0.39, 0.29) is 13.4 Å². The zero-order valence-corrected chi connectivity index (χ0v) is 52.1. The normalized spacial score (nSPS) is 13.0. The maximum Gasteiger partial charge on any atom is 0.249 e. The van der Waals surface area contributed by atoms with Crippen LogP contribution >= 0.6 is 23.5 Å². The molecule has 0 amide bonds. The van der Waals surface area contributed by atoms with Gasteiger partial charge in [-0.25, -0.2) is 0 Å². The van der Waals surface area contributed by atoms with E-state index in [1.807, 2.05) is 23.5 Å². The molecule has 0 radical (unpaired) electrons. The van der Waals surface area contributed by atoms with Gasteiger partial charge >= 0.3 is 0 Å². The Bertz CT molecular complexity index is 5350. The minimum atomic E-state index is -0.0953. The zero-order chi connectivity index (χ0) is 61.1. The van der Waals surface area contributed by atoms with Crippen molar-refractivity contribution in [2.75, 3.05) is 19.6 Å². The Morgan fingerprint density at radius 1 is 0.269 bits per heavy atom. The molecule has 0 N–H and O–H groups in total. The summed E-state index contributed by atoms with van der Waals surface area (Å²) in [7, 11) is 0. The molecular formula is C84H55B2N5S2. The van der Waals surface area contributed by atoms with Gasteiger partial charge in [0, 0.05) is 104 Å². The average Bonchev–Trinajstić information content (AvgIpc) is 1.11. The van der Waals surface area contributed by atoms with Gasteiger partial charge in [-0.3, -0.25) is 0 Å². The lowest BCUT2D eigenvalue weighted by atomic mass is 9.31. The highest BCUT2D eigenvalue weighted by Crippen LogP contribution is 2.53. The second kappa shape index (κ2) is 21.8. The molecule has 4 aliphatic heterocycles. The molecule has 0 saturated heterocycles. The first kappa shape index (κ1) is 53.7. The fourth-order valence-corrected chi connectivity index (χ4v) is 17.8. The van der Waals surface area contributed by atoms with Crippen molar-refractivity contribution in [3.8, 4) is 16.8 Å². The molecule has 0 fully saturated rings. The summed E-state index contributed by atoms with van der Waals surface area (Å²) in [4.78, 5) is 15.1. The zero-order valence-electron chi connectivity index (χ0n) is 50.5. The number of benzene rings is 14. The molecule has 1 aromatic heterocycles. The van der Waals surface area contributed by atoms with Crippen molar-refractivity contribution >= 4 is 160 Å². The minimum absolute atomic E-state index is 0.0841. The molecule has 434 valence electrons. The summed E-state index contributed by atoms with van der Waals surface area (Å²) < 4.78 is 2.46. The van der Waals surface area contributed by atoms with Crippen LogP contribution in [0.2, 0.25) is 0 Å². The summed E-state index contributed by atoms with van der Waals surface area (Å²) in [6.45, 7) is -0.179. The number of aromatic nitrogens is 1. The molecule has 4 aliphatic rings. The maximum absolute atomic E-state index is 2.68. The maximum atomic E-state index is 2.68. The van der Waals surface area contributed by atoms with Gasteiger partial charge in [-0.15, -0.1) is 0 Å². The van der Waals surface area contributed by atoms with Crippen LogP contribution in [-0.2, 0) is 0 Å². The molecule has 14 aromatic carbocycles. The van der Waals surface area contributed by atoms with Crippen LogP contribution in [0.4, 0.5) is 68.2 Å². The standard InChI is InChI=1S/C84H55B2N5S2/c1-8-28-56(29-9-1)81-72(48-49-73-82(81)65-42-22-25-45-70(65)89(73)61-38-18-6-19-39-61)91-74-55-78-69(54-68(74)86-67-44-24-27-47-77(67)92-79-52-64(51-76(91)84(79)86)88(59-34-14-4-15-35-59)60-36-16-5-17-37-60)85-66-43-23-26-46-71(66)90(62-40-20-7-21-41-62)75-50-63(53-80(93-78)83(75)85)87(57-30-10-2-11-31-57)58-32-12-3-13-33-58/h1-55H. The smallest absolute Gasteiger partial charge is 0.249 e. The lowest BCUT2D eigenvalue weighted by molar-refractivity contribution is 1.18. The first-order valence-electron chi connectivity index (χ1n) is 31.9. The van der Waals surface area contributed by atoms with Gasteiger partial charge in [-0.1, -0.05) is 235 Å². The molecule has 0 atom stereocenters. The predicted octanol–water partition coefficient (Wildman–Crippen LogP) is 18.9. The first-order valence-corrected chi connectivity index (χ1v) is 33.5. The van der Waals surface area contributed by atoms with Crippen molar-refractivity contribution < 1.29 is 0 Å². The Hall–Kier alpha value is -11.1. The van der Waals surface area contributed by atoms with Crippen LogP contribution < -0.4 is 52.4 Å². The highest BCUT2D eigenvalue weighted by atomic mass is 32.2. The summed E-state index contributed by atoms with van der Waals surface area (Å²) in [6.07, 6.45) is 0. The summed E-state index contributed by atoms with van der Waals surface area (Å²) in [5.74, 6) is 0. The van der Waals surface area contributed by atoms with Crippen molar-refractivity contribution in [3.63, 3.8) is 0 Å². The topological polar surface area (TPSA) is 17.9 Å². The Morgan fingerprint density at radius 3 is 1.34 bits per heavy atom. The van der Waals surface area contributed by atoms with Crippen LogP contribution in [0, 0.1) is 0 Å². The Kier molecular flexibility index (Phi) is 12.6. The summed E-state index contributed by atoms with van der Waals surface area (Å²) >= 11 is 3.82. The van der Waals surface area contributed by atoms with E-state index in [9.17, 15) is 0 Å². The molecule has 5 nitrogen and oxygen atoms in total. The van der Waals surface area contributed by atoms with Crippen molar-refractivity contribution in [1.82, 2.24) is 4.57 Å². The Morgan fingerprint density at radius 2 is 0.742 bits per heavy atom. The number of rotatable bonds is 10. The number of para-hydroxylation sites is 8. The van der Waals surface area contributed by atoms with Gasteiger partial charge in [0.05, 0.1) is 16.7 Å². The molecule has 0 aliphatic carbocycles. The molecule has 15 aromatic rings. The second-order valence-electron chi connectivity index (χ2n) is 24.3. The molecule has 93 heavy (non-hydrogen) atoms. The Labute approximate surface area is 550 Å². The molecule has 0 saturated carbocycles. The third-order valence-corrected chi connectivity index (χ3v) is 21.5. The van der Waals surface area contributed by atoms with E-state index in [0.29, 0.717) is 0 Å². The number of nitrogens with zero attached hydrogens (tertiary/aromatic N) is 5. The molecule has 9 heteroatoms. The van der Waals surface area contributed by atoms with Crippen LogP contribution in [0.3, 0.4) is 0 Å². The Balaban J connectivity index is 0.928. The molecule has 0 spiro atoms. The third-order valence-electron chi connectivity index (χ3n) is 19.2. The summed E-state index contributed by atoms with van der Waals surface area (Å²) in [5, 5.41) is 2.42. The van der Waals surface area contributed by atoms with Crippen molar-refractivity contribution in [1.29, 1.82) is 0 Å². The van der Waals surface area contributed by atoms with Gasteiger partial charge in [-0.2, -0.15) is 0 Å². The fraction of sp³-hybridized carbons (Fsp3) is 0. The van der Waals surface area contributed by atoms with E-state index in [2.05, 4.69) is 358 Å². The lowest BCUT2D eigenvalue weighted by Gasteiger charge is -2.44. The largest absolute Gasteiger partial charge is 0.311 e. The third kappa shape index (κ3) is 8.54. The second-order valence-corrected chi connectivity index (χ2v) is 26.5. The molecule has 5 heterocycles. The van der Waals surface area contributed by atoms with Crippen LogP contribution in [-0.4, -0.2) is 18.0 Å². The summed E-state index contributed by atoms with van der Waals surface area (Å²) in [6, 6.07) is 124. The van der Waals surface area contributed by atoms with Crippen LogP contribution in [0.1, 0.15) is 0 Å². The van der Waals surface area contributed by atoms with Crippen molar-refractivity contribution in [3.05, 3.63) is 334 Å². The molecule has 0 bridgehead atoms. The SMILES string of the molecule is c1ccc(-c2c(N3c4cc5c(cc4B4c6ccccc6Sc6cc(N(c7ccccc7)c7ccccc7)cc3c64)B3c4ccccc4N(c4ccccc4)c4cc(N(c6ccccc6)c6ccccc6)cc(c43)S5)ccc3c2c2ccccc2n3-c2ccccc2)cc1. The van der Waals surface area contributed by atoms with Gasteiger partial charge in [0.25, 0.3) is 0 Å². The van der Waals surface area contributed by atoms with Crippen LogP contribution in [0.25, 0.3) is 38.6 Å². The van der Waals surface area contributed by atoms with Gasteiger partial charge in [0.2, 0.25) is 13.4 Å². The monoisotopic (exact) mass is 1220 g/mol. The average molecular weight is 1220 g/mol. The minimum Gasteiger partial charge on any atom is -0.311 e. The quantitative estimate of drug-likeness (QED) is 0.126. The van der Waals surface area contributed by atoms with Gasteiger partial charge in [0.15, 0.2) is 0 Å². The molecule has 0 unspecified atom stereocenters. The number of anilines is 12. The van der Waals surface area contributed by atoms with E-state index < -0.39 is 0 Å². The van der Waals surface area contributed by atoms with E-state index in [0.717, 1.165) is 68.0 Å². The van der Waals surface area contributed by atoms with E-state index in [1.165, 1.54) is 91.3 Å². The fourth-order valence-electron chi connectivity index (χ4n) is 15.4. The molecular weight excluding hydrogens is 1160 g/mol. The number of fused-ring (bicyclic) bond motifs is 11. The van der Waals surface area contributed by atoms with Crippen LogP contribution in [0.15, 0.2) is 353 Å². The molecule has 19 rings (SSSR count). The van der Waals surface area contributed by atoms with Gasteiger partial charge < -0.3 is 24.2 Å². The highest BCUT2D eigenvalue weighted by Gasteiger charge is 2.47. The lowest BCUT2D eigenvalue weighted by Crippen LogP contribution is -2.64. The van der Waals surface area contributed by atoms with Crippen LogP contribution in [0.5, 0.6) is 0 Å². The van der Waals surface area contributed by atoms with Gasteiger partial charge in [-0.05, 0) is 161 Å². The first-order chi connectivity index (χ1) is 46.2. The van der Waals surface area contributed by atoms with E-state index >= 15 is 0 Å². The predicted molar refractivity (Wildman–Crippen MR) is 395 cm³/mol. The van der Waals surface area contributed by atoms with Crippen molar-refractivity contribution in [2.24, 2.45) is 0 Å². The van der Waals surface area contributed by atoms with E-state index in [4.69, 9.17) is 0 Å². The summed E-state index contributed by atoms with van der Waals surface area (Å²) in [5.41, 5.74) is 27.2. The van der Waals surface area contributed by atoms with E-state index in [1.54, 1.807) is 0 Å². The number of hydrogen-bond acceptors (Lipinski definition) is 6. The van der Waals surface area contributed by atoms with Gasteiger partial charge in [0.1, 0.15) is 0 Å². The van der Waals surface area contributed by atoms with Crippen molar-refractivity contribution in [2.45, 2.75) is 19.6 Å². The number of hydrogen-bond donors (Lipinski definition) is 0.